The maximum Gasteiger partial charge on any atom is 0.417 e. The minimum atomic E-state index is -4.43. The third kappa shape index (κ3) is 3.84. The van der Waals surface area contributed by atoms with E-state index in [9.17, 15) is 13.2 Å². The fraction of sp³-hybridized carbons (Fsp3) is 0.368. The average Bonchev–Trinajstić information content (AvgIpc) is 3.14. The highest BCUT2D eigenvalue weighted by atomic mass is 35.5. The summed E-state index contributed by atoms with van der Waals surface area (Å²) in [6.07, 6.45) is -4.43. The summed E-state index contributed by atoms with van der Waals surface area (Å²) in [6.45, 7) is 3.65. The van der Waals surface area contributed by atoms with Crippen molar-refractivity contribution in [1.29, 1.82) is 0 Å². The Morgan fingerprint density at radius 2 is 1.96 bits per heavy atom. The summed E-state index contributed by atoms with van der Waals surface area (Å²) in [6, 6.07) is 11.2. The molecule has 0 amide bonds. The first kappa shape index (κ1) is 18.2. The molecule has 1 saturated heterocycles. The zero-order valence-electron chi connectivity index (χ0n) is 13.8. The molecule has 2 nitrogen and oxygen atoms in total. The smallest absolute Gasteiger partial charge is 0.365 e. The predicted molar refractivity (Wildman–Crippen MR) is 92.4 cm³/mol. The van der Waals surface area contributed by atoms with Gasteiger partial charge < -0.3 is 4.74 Å². The van der Waals surface area contributed by atoms with E-state index in [0.717, 1.165) is 11.6 Å². The van der Waals surface area contributed by atoms with Crippen molar-refractivity contribution in [3.8, 4) is 11.1 Å². The molecule has 0 radical (unpaired) electrons. The average molecular weight is 370 g/mol. The van der Waals surface area contributed by atoms with Crippen molar-refractivity contribution in [3.63, 3.8) is 0 Å². The van der Waals surface area contributed by atoms with Gasteiger partial charge in [0, 0.05) is 18.5 Å². The second-order valence-corrected chi connectivity index (χ2v) is 6.39. The highest BCUT2D eigenvalue weighted by Crippen LogP contribution is 2.42. The van der Waals surface area contributed by atoms with Gasteiger partial charge in [-0.05, 0) is 41.3 Å². The number of hydrogen-bond donors (Lipinski definition) is 0. The molecular formula is C19H19ClF3NO. The van der Waals surface area contributed by atoms with Crippen LogP contribution in [0.2, 0.25) is 0 Å². The lowest BCUT2D eigenvalue weighted by Gasteiger charge is -2.27. The maximum atomic E-state index is 13.7. The molecule has 3 rings (SSSR count). The van der Waals surface area contributed by atoms with Gasteiger partial charge in [0.15, 0.2) is 0 Å². The molecule has 0 spiro atoms. The second-order valence-electron chi connectivity index (χ2n) is 6.13. The van der Waals surface area contributed by atoms with Gasteiger partial charge in [0.05, 0.1) is 18.9 Å². The molecule has 1 aliphatic rings. The zero-order chi connectivity index (χ0) is 18.0. The molecule has 134 valence electrons. The van der Waals surface area contributed by atoms with Crippen molar-refractivity contribution in [1.82, 2.24) is 4.90 Å². The van der Waals surface area contributed by atoms with Crippen LogP contribution >= 0.6 is 11.6 Å². The maximum absolute atomic E-state index is 13.7. The fourth-order valence-electron chi connectivity index (χ4n) is 3.22. The molecule has 2 aromatic rings. The Labute approximate surface area is 150 Å². The summed E-state index contributed by atoms with van der Waals surface area (Å²) in [5.74, 6) is 0.257. The van der Waals surface area contributed by atoms with Gasteiger partial charge in [-0.3, -0.25) is 4.90 Å². The number of alkyl halides is 4. The summed E-state index contributed by atoms with van der Waals surface area (Å²) in [5, 5.41) is 0. The lowest BCUT2D eigenvalue weighted by Crippen LogP contribution is -2.25. The van der Waals surface area contributed by atoms with Gasteiger partial charge >= 0.3 is 6.18 Å². The molecule has 1 aliphatic heterocycles. The van der Waals surface area contributed by atoms with Crippen LogP contribution < -0.4 is 0 Å². The normalized spacial score (nSPS) is 17.0. The van der Waals surface area contributed by atoms with Crippen LogP contribution in [-0.4, -0.2) is 24.8 Å². The van der Waals surface area contributed by atoms with Crippen LogP contribution in [0.4, 0.5) is 13.2 Å². The third-order valence-corrected chi connectivity index (χ3v) is 4.86. The molecule has 1 unspecified atom stereocenters. The van der Waals surface area contributed by atoms with Crippen molar-refractivity contribution in [3.05, 3.63) is 59.2 Å². The van der Waals surface area contributed by atoms with Crippen LogP contribution in [0.25, 0.3) is 11.1 Å². The SMILES string of the molecule is CC(c1cccc(C(F)(F)F)c1-c1cccc(CCl)c1)N1CCOC1. The van der Waals surface area contributed by atoms with E-state index in [4.69, 9.17) is 16.3 Å². The first-order valence-electron chi connectivity index (χ1n) is 8.09. The largest absolute Gasteiger partial charge is 0.417 e. The molecule has 0 saturated carbocycles. The monoisotopic (exact) mass is 369 g/mol. The first-order chi connectivity index (χ1) is 11.9. The van der Waals surface area contributed by atoms with Crippen LogP contribution in [-0.2, 0) is 16.8 Å². The number of benzene rings is 2. The van der Waals surface area contributed by atoms with Crippen LogP contribution in [0, 0.1) is 0 Å². The molecule has 2 aromatic carbocycles. The third-order valence-electron chi connectivity index (χ3n) is 4.55. The number of halogens is 4. The van der Waals surface area contributed by atoms with Crippen LogP contribution in [0.3, 0.4) is 0 Å². The lowest BCUT2D eigenvalue weighted by atomic mass is 9.89. The minimum absolute atomic E-state index is 0.181. The van der Waals surface area contributed by atoms with Crippen molar-refractivity contribution >= 4 is 11.6 Å². The molecule has 1 heterocycles. The molecule has 0 aliphatic carbocycles. The van der Waals surface area contributed by atoms with Gasteiger partial charge in [0.1, 0.15) is 0 Å². The Balaban J connectivity index is 2.17. The van der Waals surface area contributed by atoms with Gasteiger partial charge in [-0.1, -0.05) is 30.3 Å². The molecule has 25 heavy (non-hydrogen) atoms. The van der Waals surface area contributed by atoms with E-state index in [1.54, 1.807) is 24.3 Å². The lowest BCUT2D eigenvalue weighted by molar-refractivity contribution is -0.137. The summed E-state index contributed by atoms with van der Waals surface area (Å²) < 4.78 is 46.4. The Kier molecular flexibility index (Phi) is 5.37. The van der Waals surface area contributed by atoms with Crippen molar-refractivity contribution in [2.24, 2.45) is 0 Å². The summed E-state index contributed by atoms with van der Waals surface area (Å²) in [4.78, 5) is 2.03. The summed E-state index contributed by atoms with van der Waals surface area (Å²) >= 11 is 5.88. The molecule has 0 bridgehead atoms. The van der Waals surface area contributed by atoms with Crippen molar-refractivity contribution in [2.75, 3.05) is 19.9 Å². The quantitative estimate of drug-likeness (QED) is 0.663. The molecule has 0 aromatic heterocycles. The number of hydrogen-bond acceptors (Lipinski definition) is 2. The van der Waals surface area contributed by atoms with Gasteiger partial charge in [0.2, 0.25) is 0 Å². The van der Waals surface area contributed by atoms with E-state index in [2.05, 4.69) is 0 Å². The molecular weight excluding hydrogens is 351 g/mol. The summed E-state index contributed by atoms with van der Waals surface area (Å²) in [5.41, 5.74) is 1.57. The number of nitrogens with zero attached hydrogens (tertiary/aromatic N) is 1. The molecule has 0 N–H and O–H groups in total. The standard InChI is InChI=1S/C19H19ClF3NO/c1-13(24-8-9-25-12-24)16-6-3-7-17(19(21,22)23)18(16)15-5-2-4-14(10-15)11-20/h2-7,10,13H,8-9,11-12H2,1H3. The van der Waals surface area contributed by atoms with E-state index in [-0.39, 0.29) is 17.5 Å². The number of rotatable bonds is 4. The zero-order valence-corrected chi connectivity index (χ0v) is 14.6. The highest BCUT2D eigenvalue weighted by molar-refractivity contribution is 6.17. The molecule has 1 atom stereocenters. The Bertz CT molecular complexity index is 742. The van der Waals surface area contributed by atoms with Crippen LogP contribution in [0.1, 0.15) is 29.7 Å². The number of ether oxygens (including phenoxy) is 1. The Morgan fingerprint density at radius 1 is 1.20 bits per heavy atom. The van der Waals surface area contributed by atoms with Gasteiger partial charge in [-0.2, -0.15) is 13.2 Å². The molecule has 1 fully saturated rings. The van der Waals surface area contributed by atoms with Gasteiger partial charge in [-0.25, -0.2) is 0 Å². The van der Waals surface area contributed by atoms with E-state index < -0.39 is 11.7 Å². The topological polar surface area (TPSA) is 12.5 Å². The predicted octanol–water partition coefficient (Wildman–Crippen LogP) is 5.46. The Morgan fingerprint density at radius 3 is 2.60 bits per heavy atom. The van der Waals surface area contributed by atoms with E-state index in [1.165, 1.54) is 6.07 Å². The van der Waals surface area contributed by atoms with Gasteiger partial charge in [-0.15, -0.1) is 11.6 Å². The van der Waals surface area contributed by atoms with Crippen LogP contribution in [0.15, 0.2) is 42.5 Å². The summed E-state index contributed by atoms with van der Waals surface area (Å²) in [7, 11) is 0. The van der Waals surface area contributed by atoms with E-state index >= 15 is 0 Å². The molecule has 6 heteroatoms. The van der Waals surface area contributed by atoms with Gasteiger partial charge in [0.25, 0.3) is 0 Å². The highest BCUT2D eigenvalue weighted by Gasteiger charge is 2.36. The van der Waals surface area contributed by atoms with Crippen molar-refractivity contribution in [2.45, 2.75) is 25.0 Å². The first-order valence-corrected chi connectivity index (χ1v) is 8.62. The van der Waals surface area contributed by atoms with E-state index in [0.29, 0.717) is 31.0 Å². The van der Waals surface area contributed by atoms with E-state index in [1.807, 2.05) is 17.9 Å². The second kappa shape index (κ2) is 7.36. The van der Waals surface area contributed by atoms with Crippen LogP contribution in [0.5, 0.6) is 0 Å². The fourth-order valence-corrected chi connectivity index (χ4v) is 3.38. The van der Waals surface area contributed by atoms with Crippen molar-refractivity contribution < 1.29 is 17.9 Å². The minimum Gasteiger partial charge on any atom is -0.365 e. The Hall–Kier alpha value is -1.56.